The third kappa shape index (κ3) is 2.31. The highest BCUT2D eigenvalue weighted by Gasteiger charge is 2.18. The van der Waals surface area contributed by atoms with E-state index in [0.29, 0.717) is 11.5 Å². The van der Waals surface area contributed by atoms with Gasteiger partial charge in [-0.15, -0.1) is 0 Å². The average molecular weight is 260 g/mol. The Labute approximate surface area is 111 Å². The molecule has 5 nitrogen and oxygen atoms in total. The molecule has 2 aromatic rings. The molecule has 0 radical (unpaired) electrons. The van der Waals surface area contributed by atoms with Crippen LogP contribution in [-0.4, -0.2) is 16.0 Å². The first-order valence-corrected chi connectivity index (χ1v) is 6.19. The van der Waals surface area contributed by atoms with Crippen LogP contribution >= 0.6 is 0 Å². The third-order valence-electron chi connectivity index (χ3n) is 2.97. The maximum absolute atomic E-state index is 11.2. The first-order valence-electron chi connectivity index (χ1n) is 6.19. The molecular weight excluding hydrogens is 244 g/mol. The van der Waals surface area contributed by atoms with Gasteiger partial charge in [-0.2, -0.15) is 0 Å². The minimum Gasteiger partial charge on any atom is -0.506 e. The van der Waals surface area contributed by atoms with Crippen molar-refractivity contribution in [1.29, 1.82) is 0 Å². The lowest BCUT2D eigenvalue weighted by Crippen LogP contribution is -2.11. The Kier molecular flexibility index (Phi) is 3.55. The van der Waals surface area contributed by atoms with Gasteiger partial charge in [-0.3, -0.25) is 4.79 Å². The molecule has 0 aliphatic rings. The van der Waals surface area contributed by atoms with Gasteiger partial charge in [0.15, 0.2) is 0 Å². The SMILES string of the molecule is CCc1nc(-c2cccc(C(N)=O)c2O)oc1CC. The van der Waals surface area contributed by atoms with Crippen LogP contribution in [0.4, 0.5) is 0 Å². The zero-order chi connectivity index (χ0) is 14.0. The van der Waals surface area contributed by atoms with Crippen molar-refractivity contribution in [3.63, 3.8) is 0 Å². The smallest absolute Gasteiger partial charge is 0.252 e. The van der Waals surface area contributed by atoms with Crippen LogP contribution in [0.1, 0.15) is 35.7 Å². The van der Waals surface area contributed by atoms with Crippen molar-refractivity contribution in [3.8, 4) is 17.2 Å². The molecule has 2 rings (SSSR count). The number of nitrogens with two attached hydrogens (primary N) is 1. The number of hydrogen-bond acceptors (Lipinski definition) is 4. The summed E-state index contributed by atoms with van der Waals surface area (Å²) >= 11 is 0. The van der Waals surface area contributed by atoms with Gasteiger partial charge in [0.05, 0.1) is 16.8 Å². The maximum atomic E-state index is 11.2. The van der Waals surface area contributed by atoms with Gasteiger partial charge in [0.1, 0.15) is 11.5 Å². The second-order valence-electron chi connectivity index (χ2n) is 4.16. The van der Waals surface area contributed by atoms with Crippen LogP contribution in [0.15, 0.2) is 22.6 Å². The molecule has 0 saturated heterocycles. The highest BCUT2D eigenvalue weighted by molar-refractivity contribution is 5.97. The van der Waals surface area contributed by atoms with E-state index in [4.69, 9.17) is 10.2 Å². The number of aryl methyl sites for hydroxylation is 2. The predicted molar refractivity (Wildman–Crippen MR) is 70.9 cm³/mol. The van der Waals surface area contributed by atoms with Crippen LogP contribution in [0.25, 0.3) is 11.5 Å². The normalized spacial score (nSPS) is 10.6. The minimum absolute atomic E-state index is 0.0618. The van der Waals surface area contributed by atoms with Crippen molar-refractivity contribution in [2.75, 3.05) is 0 Å². The Morgan fingerprint density at radius 1 is 1.37 bits per heavy atom. The van der Waals surface area contributed by atoms with Gasteiger partial charge in [0.2, 0.25) is 5.89 Å². The number of aromatic nitrogens is 1. The van der Waals surface area contributed by atoms with Gasteiger partial charge in [0, 0.05) is 6.42 Å². The Balaban J connectivity index is 2.56. The number of carbonyl (C=O) groups is 1. The summed E-state index contributed by atoms with van der Waals surface area (Å²) in [7, 11) is 0. The fraction of sp³-hybridized carbons (Fsp3) is 0.286. The molecule has 0 saturated carbocycles. The van der Waals surface area contributed by atoms with Crippen molar-refractivity contribution in [2.45, 2.75) is 26.7 Å². The summed E-state index contributed by atoms with van der Waals surface area (Å²) in [6.45, 7) is 3.96. The molecule has 1 aromatic heterocycles. The molecule has 3 N–H and O–H groups in total. The predicted octanol–water partition coefficient (Wildman–Crippen LogP) is 2.27. The maximum Gasteiger partial charge on any atom is 0.252 e. The molecule has 19 heavy (non-hydrogen) atoms. The topological polar surface area (TPSA) is 89.3 Å². The van der Waals surface area contributed by atoms with Crippen molar-refractivity contribution >= 4 is 5.91 Å². The lowest BCUT2D eigenvalue weighted by atomic mass is 10.1. The number of rotatable bonds is 4. The molecule has 5 heteroatoms. The van der Waals surface area contributed by atoms with E-state index < -0.39 is 5.91 Å². The number of oxazole rings is 1. The van der Waals surface area contributed by atoms with E-state index in [1.807, 2.05) is 13.8 Å². The van der Waals surface area contributed by atoms with Crippen LogP contribution in [0, 0.1) is 0 Å². The fourth-order valence-corrected chi connectivity index (χ4v) is 1.97. The summed E-state index contributed by atoms with van der Waals surface area (Å²) in [6.07, 6.45) is 1.48. The number of para-hydroxylation sites is 1. The molecule has 1 aromatic carbocycles. The van der Waals surface area contributed by atoms with E-state index in [1.165, 1.54) is 6.07 Å². The van der Waals surface area contributed by atoms with Gasteiger partial charge >= 0.3 is 0 Å². The van der Waals surface area contributed by atoms with E-state index >= 15 is 0 Å². The Hall–Kier alpha value is -2.30. The highest BCUT2D eigenvalue weighted by Crippen LogP contribution is 2.32. The third-order valence-corrected chi connectivity index (χ3v) is 2.97. The largest absolute Gasteiger partial charge is 0.506 e. The number of aromatic hydroxyl groups is 1. The van der Waals surface area contributed by atoms with E-state index in [2.05, 4.69) is 4.98 Å². The Bertz CT molecular complexity index is 596. The minimum atomic E-state index is -0.683. The molecule has 1 amide bonds. The van der Waals surface area contributed by atoms with Crippen molar-refractivity contribution in [1.82, 2.24) is 4.98 Å². The zero-order valence-electron chi connectivity index (χ0n) is 10.9. The van der Waals surface area contributed by atoms with Crippen LogP contribution in [0.5, 0.6) is 5.75 Å². The number of primary amides is 1. The van der Waals surface area contributed by atoms with E-state index in [9.17, 15) is 9.90 Å². The summed E-state index contributed by atoms with van der Waals surface area (Å²) in [5.74, 6) is 0.231. The molecule has 100 valence electrons. The summed E-state index contributed by atoms with van der Waals surface area (Å²) in [5.41, 5.74) is 6.50. The number of amides is 1. The molecule has 0 aliphatic heterocycles. The Morgan fingerprint density at radius 2 is 2.11 bits per heavy atom. The molecular formula is C14H16N2O3. The lowest BCUT2D eigenvalue weighted by molar-refractivity contribution is 0.0998. The van der Waals surface area contributed by atoms with Crippen LogP contribution in [-0.2, 0) is 12.8 Å². The highest BCUT2D eigenvalue weighted by atomic mass is 16.4. The number of nitrogens with zero attached hydrogens (tertiary/aromatic N) is 1. The first kappa shape index (κ1) is 13.1. The molecule has 0 bridgehead atoms. The monoisotopic (exact) mass is 260 g/mol. The van der Waals surface area contributed by atoms with Gasteiger partial charge in [0.25, 0.3) is 5.91 Å². The standard InChI is InChI=1S/C14H16N2O3/c1-3-10-11(4-2)19-14(16-10)9-7-5-6-8(12(9)17)13(15)18/h5-7,17H,3-4H2,1-2H3,(H2,15,18). The molecule has 0 atom stereocenters. The van der Waals surface area contributed by atoms with E-state index in [1.54, 1.807) is 12.1 Å². The summed E-state index contributed by atoms with van der Waals surface area (Å²) < 4.78 is 5.63. The number of carbonyl (C=O) groups excluding carboxylic acids is 1. The quantitative estimate of drug-likeness (QED) is 0.882. The number of benzene rings is 1. The van der Waals surface area contributed by atoms with E-state index in [0.717, 1.165) is 24.3 Å². The fourth-order valence-electron chi connectivity index (χ4n) is 1.97. The van der Waals surface area contributed by atoms with Crippen molar-refractivity contribution < 1.29 is 14.3 Å². The lowest BCUT2D eigenvalue weighted by Gasteiger charge is -2.04. The molecule has 0 unspecified atom stereocenters. The van der Waals surface area contributed by atoms with Gasteiger partial charge in [-0.25, -0.2) is 4.98 Å². The van der Waals surface area contributed by atoms with Gasteiger partial charge in [-0.05, 0) is 18.6 Å². The van der Waals surface area contributed by atoms with E-state index in [-0.39, 0.29) is 11.3 Å². The molecule has 0 fully saturated rings. The van der Waals surface area contributed by atoms with Crippen molar-refractivity contribution in [2.24, 2.45) is 5.73 Å². The first-order chi connectivity index (χ1) is 9.08. The Morgan fingerprint density at radius 3 is 2.63 bits per heavy atom. The summed E-state index contributed by atoms with van der Waals surface area (Å²) in [4.78, 5) is 15.6. The summed E-state index contributed by atoms with van der Waals surface area (Å²) in [6, 6.07) is 4.74. The molecule has 0 aliphatic carbocycles. The van der Waals surface area contributed by atoms with Crippen LogP contribution in [0.2, 0.25) is 0 Å². The molecule has 1 heterocycles. The number of hydrogen-bond donors (Lipinski definition) is 2. The zero-order valence-corrected chi connectivity index (χ0v) is 10.9. The van der Waals surface area contributed by atoms with Crippen LogP contribution < -0.4 is 5.73 Å². The second kappa shape index (κ2) is 5.14. The van der Waals surface area contributed by atoms with Gasteiger partial charge < -0.3 is 15.3 Å². The average Bonchev–Trinajstić information content (AvgIpc) is 2.81. The van der Waals surface area contributed by atoms with Crippen LogP contribution in [0.3, 0.4) is 0 Å². The molecule has 0 spiro atoms. The summed E-state index contributed by atoms with van der Waals surface area (Å²) in [5, 5.41) is 10.1. The van der Waals surface area contributed by atoms with Crippen molar-refractivity contribution in [3.05, 3.63) is 35.2 Å². The van der Waals surface area contributed by atoms with Gasteiger partial charge in [-0.1, -0.05) is 19.9 Å². The second-order valence-corrected chi connectivity index (χ2v) is 4.16. The number of phenols is 1.